The van der Waals surface area contributed by atoms with Crippen molar-refractivity contribution in [2.45, 2.75) is 6.42 Å². The Balaban J connectivity index is 2.20. The molecule has 3 N–H and O–H groups in total. The van der Waals surface area contributed by atoms with Crippen LogP contribution in [0, 0.1) is 0 Å². The minimum atomic E-state index is 0.0976. The van der Waals surface area contributed by atoms with E-state index in [-0.39, 0.29) is 6.61 Å². The molecule has 0 unspecified atom stereocenters. The summed E-state index contributed by atoms with van der Waals surface area (Å²) in [6.45, 7) is 0.0976. The Morgan fingerprint density at radius 1 is 1.38 bits per heavy atom. The lowest BCUT2D eigenvalue weighted by Gasteiger charge is -2.07. The maximum absolute atomic E-state index is 8.93. The molecule has 0 amide bonds. The number of nitrogens with zero attached hydrogens (tertiary/aromatic N) is 1. The molecule has 1 heterocycles. The summed E-state index contributed by atoms with van der Waals surface area (Å²) in [7, 11) is 0. The van der Waals surface area contributed by atoms with Gasteiger partial charge in [-0.15, -0.1) is 0 Å². The number of anilines is 1. The Kier molecular flexibility index (Phi) is 3.38. The third kappa shape index (κ3) is 2.50. The van der Waals surface area contributed by atoms with Gasteiger partial charge in [0.2, 0.25) is 0 Å². The fourth-order valence-corrected chi connectivity index (χ4v) is 1.89. The van der Waals surface area contributed by atoms with Crippen molar-refractivity contribution in [1.29, 1.82) is 0 Å². The summed E-state index contributed by atoms with van der Waals surface area (Å²) < 4.78 is 5.60. The van der Waals surface area contributed by atoms with Crippen molar-refractivity contribution in [3.63, 3.8) is 0 Å². The average molecular weight is 236 g/mol. The molecule has 16 heavy (non-hydrogen) atoms. The summed E-state index contributed by atoms with van der Waals surface area (Å²) in [6.07, 6.45) is 2.13. The van der Waals surface area contributed by atoms with Crippen LogP contribution >= 0.6 is 11.3 Å². The average Bonchev–Trinajstić information content (AvgIpc) is 2.67. The van der Waals surface area contributed by atoms with Gasteiger partial charge in [-0.3, -0.25) is 0 Å². The molecule has 2 aromatic rings. The highest BCUT2D eigenvalue weighted by Crippen LogP contribution is 2.29. The van der Waals surface area contributed by atoms with E-state index in [0.717, 1.165) is 5.56 Å². The maximum Gasteiger partial charge on any atom is 0.280 e. The lowest BCUT2D eigenvalue weighted by Crippen LogP contribution is -1.94. The van der Waals surface area contributed by atoms with Crippen LogP contribution in [0.4, 0.5) is 5.00 Å². The molecule has 0 atom stereocenters. The van der Waals surface area contributed by atoms with Crippen molar-refractivity contribution in [1.82, 2.24) is 4.98 Å². The van der Waals surface area contributed by atoms with Gasteiger partial charge in [-0.1, -0.05) is 29.5 Å². The van der Waals surface area contributed by atoms with Crippen molar-refractivity contribution >= 4 is 16.3 Å². The summed E-state index contributed by atoms with van der Waals surface area (Å²) in [5, 5.41) is 10.1. The van der Waals surface area contributed by atoms with Crippen LogP contribution in [0.1, 0.15) is 5.56 Å². The highest BCUT2D eigenvalue weighted by molar-refractivity contribution is 7.17. The van der Waals surface area contributed by atoms with Crippen LogP contribution in [0.5, 0.6) is 10.9 Å². The third-order valence-corrected chi connectivity index (χ3v) is 2.76. The Bertz CT molecular complexity index is 471. The standard InChI is InChI=1S/C11H12N2O2S/c12-10-7-13-11(16-10)15-9-4-2-1-3-8(9)5-6-14/h1-4,7,14H,5-6,12H2. The number of nitrogen functional groups attached to an aromatic ring is 1. The van der Waals surface area contributed by atoms with E-state index in [9.17, 15) is 0 Å². The number of rotatable bonds is 4. The lowest BCUT2D eigenvalue weighted by atomic mass is 10.1. The third-order valence-electron chi connectivity index (χ3n) is 2.05. The first-order valence-corrected chi connectivity index (χ1v) is 5.69. The Morgan fingerprint density at radius 3 is 2.88 bits per heavy atom. The molecule has 0 aliphatic carbocycles. The number of aliphatic hydroxyl groups is 1. The van der Waals surface area contributed by atoms with Gasteiger partial charge in [0.25, 0.3) is 5.19 Å². The predicted molar refractivity (Wildman–Crippen MR) is 63.8 cm³/mol. The summed E-state index contributed by atoms with van der Waals surface area (Å²) in [6, 6.07) is 7.56. The van der Waals surface area contributed by atoms with Gasteiger partial charge >= 0.3 is 0 Å². The zero-order valence-electron chi connectivity index (χ0n) is 8.59. The van der Waals surface area contributed by atoms with Crippen molar-refractivity contribution in [2.24, 2.45) is 0 Å². The second kappa shape index (κ2) is 4.96. The highest BCUT2D eigenvalue weighted by atomic mass is 32.1. The molecule has 5 heteroatoms. The first-order chi connectivity index (χ1) is 7.79. The van der Waals surface area contributed by atoms with Crippen molar-refractivity contribution < 1.29 is 9.84 Å². The Morgan fingerprint density at radius 2 is 2.19 bits per heavy atom. The Hall–Kier alpha value is -1.59. The molecule has 1 aromatic heterocycles. The number of ether oxygens (including phenoxy) is 1. The first kappa shape index (κ1) is 10.9. The Labute approximate surface area is 97.3 Å². The van der Waals surface area contributed by atoms with Crippen LogP contribution in [0.25, 0.3) is 0 Å². The predicted octanol–water partition coefficient (Wildman–Crippen LogP) is 2.05. The van der Waals surface area contributed by atoms with Crippen LogP contribution in [-0.2, 0) is 6.42 Å². The fraction of sp³-hybridized carbons (Fsp3) is 0.182. The maximum atomic E-state index is 8.93. The quantitative estimate of drug-likeness (QED) is 0.852. The molecule has 0 aliphatic heterocycles. The van der Waals surface area contributed by atoms with E-state index in [0.29, 0.717) is 22.4 Å². The van der Waals surface area contributed by atoms with Crippen LogP contribution in [-0.4, -0.2) is 16.7 Å². The molecule has 0 bridgehead atoms. The number of thiazole rings is 1. The van der Waals surface area contributed by atoms with E-state index < -0.39 is 0 Å². The topological polar surface area (TPSA) is 68.4 Å². The van der Waals surface area contributed by atoms with Gasteiger partial charge in [0.1, 0.15) is 10.8 Å². The van der Waals surface area contributed by atoms with Crippen molar-refractivity contribution in [3.05, 3.63) is 36.0 Å². The molecule has 0 fully saturated rings. The van der Waals surface area contributed by atoms with Gasteiger partial charge in [0.15, 0.2) is 0 Å². The van der Waals surface area contributed by atoms with Crippen LogP contribution < -0.4 is 10.5 Å². The molecular formula is C11H12N2O2S. The number of hydrogen-bond donors (Lipinski definition) is 2. The van der Waals surface area contributed by atoms with Crippen LogP contribution in [0.2, 0.25) is 0 Å². The molecule has 84 valence electrons. The molecular weight excluding hydrogens is 224 g/mol. The van der Waals surface area contributed by atoms with Gasteiger partial charge in [-0.25, -0.2) is 4.98 Å². The van der Waals surface area contributed by atoms with Crippen molar-refractivity contribution in [2.75, 3.05) is 12.3 Å². The smallest absolute Gasteiger partial charge is 0.280 e. The largest absolute Gasteiger partial charge is 0.431 e. The van der Waals surface area contributed by atoms with E-state index in [1.165, 1.54) is 11.3 Å². The molecule has 0 aliphatic rings. The number of aromatic nitrogens is 1. The van der Waals surface area contributed by atoms with Crippen LogP contribution in [0.15, 0.2) is 30.5 Å². The zero-order chi connectivity index (χ0) is 11.4. The van der Waals surface area contributed by atoms with Gasteiger partial charge in [-0.05, 0) is 18.1 Å². The molecule has 1 aromatic carbocycles. The van der Waals surface area contributed by atoms with E-state index in [1.54, 1.807) is 6.20 Å². The lowest BCUT2D eigenvalue weighted by molar-refractivity contribution is 0.298. The highest BCUT2D eigenvalue weighted by Gasteiger charge is 2.06. The minimum absolute atomic E-state index is 0.0976. The summed E-state index contributed by atoms with van der Waals surface area (Å²) in [4.78, 5) is 4.02. The van der Waals surface area contributed by atoms with Gasteiger partial charge in [0, 0.05) is 6.61 Å². The second-order valence-electron chi connectivity index (χ2n) is 3.21. The van der Waals surface area contributed by atoms with E-state index in [4.69, 9.17) is 15.6 Å². The number of para-hydroxylation sites is 1. The number of nitrogens with two attached hydrogens (primary N) is 1. The van der Waals surface area contributed by atoms with E-state index in [2.05, 4.69) is 4.98 Å². The molecule has 0 radical (unpaired) electrons. The minimum Gasteiger partial charge on any atom is -0.431 e. The normalized spacial score (nSPS) is 10.3. The SMILES string of the molecule is Nc1cnc(Oc2ccccc2CCO)s1. The first-order valence-electron chi connectivity index (χ1n) is 4.87. The summed E-state index contributed by atoms with van der Waals surface area (Å²) in [5.74, 6) is 0.714. The van der Waals surface area contributed by atoms with Gasteiger partial charge in [0.05, 0.1) is 6.20 Å². The van der Waals surface area contributed by atoms with E-state index in [1.807, 2.05) is 24.3 Å². The number of hydrogen-bond acceptors (Lipinski definition) is 5. The fourth-order valence-electron chi connectivity index (χ4n) is 1.34. The second-order valence-corrected chi connectivity index (χ2v) is 4.24. The molecule has 4 nitrogen and oxygen atoms in total. The zero-order valence-corrected chi connectivity index (χ0v) is 9.41. The molecule has 0 saturated heterocycles. The molecule has 0 spiro atoms. The monoisotopic (exact) mass is 236 g/mol. The molecule has 0 saturated carbocycles. The van der Waals surface area contributed by atoms with Gasteiger partial charge < -0.3 is 15.6 Å². The number of aliphatic hydroxyl groups excluding tert-OH is 1. The van der Waals surface area contributed by atoms with Crippen molar-refractivity contribution in [3.8, 4) is 10.9 Å². The summed E-state index contributed by atoms with van der Waals surface area (Å²) >= 11 is 1.29. The number of benzene rings is 1. The summed E-state index contributed by atoms with van der Waals surface area (Å²) in [5.41, 5.74) is 6.52. The molecule has 2 rings (SSSR count). The van der Waals surface area contributed by atoms with Crippen LogP contribution in [0.3, 0.4) is 0 Å². The van der Waals surface area contributed by atoms with Gasteiger partial charge in [-0.2, -0.15) is 0 Å². The van der Waals surface area contributed by atoms with E-state index >= 15 is 0 Å².